The minimum Gasteiger partial charge on any atom is -0.339 e. The summed E-state index contributed by atoms with van der Waals surface area (Å²) in [7, 11) is 0. The fraction of sp³-hybridized carbons (Fsp3) is 0.211. The summed E-state index contributed by atoms with van der Waals surface area (Å²) in [6.45, 7) is 0.116. The van der Waals surface area contributed by atoms with Crippen LogP contribution in [0.5, 0.6) is 0 Å². The van der Waals surface area contributed by atoms with Crippen molar-refractivity contribution in [1.29, 1.82) is 0 Å². The Kier molecular flexibility index (Phi) is 4.37. The maximum absolute atomic E-state index is 13.3. The Labute approximate surface area is 156 Å². The number of nitrogens with zero attached hydrogens (tertiary/aromatic N) is 3. The van der Waals surface area contributed by atoms with E-state index in [9.17, 15) is 22.4 Å². The van der Waals surface area contributed by atoms with E-state index in [1.807, 2.05) is 0 Å². The summed E-state index contributed by atoms with van der Waals surface area (Å²) in [5.74, 6) is -0.885. The summed E-state index contributed by atoms with van der Waals surface area (Å²) >= 11 is 0. The maximum atomic E-state index is 13.3. The quantitative estimate of drug-likeness (QED) is 0.621. The molecular weight excluding hydrogens is 378 g/mol. The zero-order chi connectivity index (χ0) is 19.9. The summed E-state index contributed by atoms with van der Waals surface area (Å²) in [6.07, 6.45) is -4.47. The molecular formula is C19H13F4N3O2. The molecule has 28 heavy (non-hydrogen) atoms. The zero-order valence-electron chi connectivity index (χ0n) is 14.3. The molecule has 0 saturated carbocycles. The van der Waals surface area contributed by atoms with E-state index in [1.165, 1.54) is 35.2 Å². The second-order valence-corrected chi connectivity index (χ2v) is 6.42. The van der Waals surface area contributed by atoms with Gasteiger partial charge in [-0.15, -0.1) is 0 Å². The van der Waals surface area contributed by atoms with Crippen molar-refractivity contribution in [3.63, 3.8) is 0 Å². The largest absolute Gasteiger partial charge is 0.416 e. The van der Waals surface area contributed by atoms with Crippen LogP contribution in [0.4, 0.5) is 23.2 Å². The van der Waals surface area contributed by atoms with Gasteiger partial charge in [-0.25, -0.2) is 4.39 Å². The lowest BCUT2D eigenvalue weighted by Gasteiger charge is -2.17. The van der Waals surface area contributed by atoms with Gasteiger partial charge in [0.15, 0.2) is 0 Å². The van der Waals surface area contributed by atoms with Gasteiger partial charge in [0, 0.05) is 24.2 Å². The van der Waals surface area contributed by atoms with Gasteiger partial charge in [0.2, 0.25) is 17.6 Å². The third-order valence-corrected chi connectivity index (χ3v) is 4.48. The SMILES string of the molecule is O=C1CC(c2nc(-c3cccc(F)c3)no2)CN1c1cccc(C(F)(F)F)c1. The average molecular weight is 391 g/mol. The van der Waals surface area contributed by atoms with Crippen LogP contribution in [0.15, 0.2) is 53.1 Å². The molecule has 1 atom stereocenters. The molecule has 2 aromatic carbocycles. The Bertz CT molecular complexity index is 1030. The van der Waals surface area contributed by atoms with Gasteiger partial charge in [-0.1, -0.05) is 23.4 Å². The summed E-state index contributed by atoms with van der Waals surface area (Å²) < 4.78 is 57.3. The van der Waals surface area contributed by atoms with Crippen molar-refractivity contribution in [2.45, 2.75) is 18.5 Å². The molecule has 1 aliphatic heterocycles. The van der Waals surface area contributed by atoms with E-state index in [2.05, 4.69) is 10.1 Å². The number of rotatable bonds is 3. The molecule has 9 heteroatoms. The van der Waals surface area contributed by atoms with Crippen molar-refractivity contribution in [2.75, 3.05) is 11.4 Å². The number of carbonyl (C=O) groups is 1. The van der Waals surface area contributed by atoms with Crippen LogP contribution in [0.3, 0.4) is 0 Å². The minimum atomic E-state index is -4.50. The molecule has 0 radical (unpaired) electrons. The molecule has 1 unspecified atom stereocenters. The Morgan fingerprint density at radius 1 is 1.11 bits per heavy atom. The molecule has 5 nitrogen and oxygen atoms in total. The highest BCUT2D eigenvalue weighted by molar-refractivity contribution is 5.96. The second-order valence-electron chi connectivity index (χ2n) is 6.42. The Balaban J connectivity index is 1.56. The summed E-state index contributed by atoms with van der Waals surface area (Å²) in [4.78, 5) is 17.8. The number of hydrogen-bond donors (Lipinski definition) is 0. The molecule has 1 saturated heterocycles. The number of hydrogen-bond acceptors (Lipinski definition) is 4. The molecule has 1 fully saturated rings. The molecule has 2 heterocycles. The van der Waals surface area contributed by atoms with Gasteiger partial charge in [-0.05, 0) is 30.3 Å². The standard InChI is InChI=1S/C19H13F4N3O2/c20-14-5-1-3-11(7-14)17-24-18(28-25-17)12-8-16(27)26(10-12)15-6-2-4-13(9-15)19(21,22)23/h1-7,9,12H,8,10H2. The van der Waals surface area contributed by atoms with E-state index in [0.29, 0.717) is 5.56 Å². The lowest BCUT2D eigenvalue weighted by atomic mass is 10.1. The number of amides is 1. The van der Waals surface area contributed by atoms with Gasteiger partial charge in [0.25, 0.3) is 0 Å². The fourth-order valence-corrected chi connectivity index (χ4v) is 3.12. The predicted octanol–water partition coefficient (Wildman–Crippen LogP) is 4.42. The van der Waals surface area contributed by atoms with Crippen LogP contribution in [-0.4, -0.2) is 22.6 Å². The summed E-state index contributed by atoms with van der Waals surface area (Å²) in [5.41, 5.74) is -0.242. The number of benzene rings is 2. The van der Waals surface area contributed by atoms with Crippen molar-refractivity contribution in [3.8, 4) is 11.4 Å². The van der Waals surface area contributed by atoms with Crippen molar-refractivity contribution < 1.29 is 26.9 Å². The van der Waals surface area contributed by atoms with E-state index in [4.69, 9.17) is 4.52 Å². The topological polar surface area (TPSA) is 59.2 Å². The van der Waals surface area contributed by atoms with Gasteiger partial charge in [-0.3, -0.25) is 4.79 Å². The molecule has 0 aliphatic carbocycles. The smallest absolute Gasteiger partial charge is 0.339 e. The van der Waals surface area contributed by atoms with Crippen LogP contribution in [-0.2, 0) is 11.0 Å². The van der Waals surface area contributed by atoms with Crippen LogP contribution in [0, 0.1) is 5.82 Å². The number of anilines is 1. The highest BCUT2D eigenvalue weighted by Crippen LogP contribution is 2.35. The Hall–Kier alpha value is -3.23. The molecule has 144 valence electrons. The molecule has 0 N–H and O–H groups in total. The van der Waals surface area contributed by atoms with Gasteiger partial charge >= 0.3 is 6.18 Å². The molecule has 1 aromatic heterocycles. The number of carbonyl (C=O) groups excluding carboxylic acids is 1. The normalized spacial score (nSPS) is 17.4. The van der Waals surface area contributed by atoms with E-state index in [-0.39, 0.29) is 36.3 Å². The van der Waals surface area contributed by atoms with Gasteiger partial charge in [0.05, 0.1) is 11.5 Å². The maximum Gasteiger partial charge on any atom is 0.416 e. The first-order valence-electron chi connectivity index (χ1n) is 8.38. The fourth-order valence-electron chi connectivity index (χ4n) is 3.12. The first-order valence-corrected chi connectivity index (χ1v) is 8.38. The van der Waals surface area contributed by atoms with Crippen LogP contribution >= 0.6 is 0 Å². The zero-order valence-corrected chi connectivity index (χ0v) is 14.3. The third kappa shape index (κ3) is 3.47. The average Bonchev–Trinajstić information content (AvgIpc) is 3.28. The van der Waals surface area contributed by atoms with Crippen LogP contribution in [0.1, 0.15) is 23.8 Å². The molecule has 0 bridgehead atoms. The third-order valence-electron chi connectivity index (χ3n) is 4.48. The summed E-state index contributed by atoms with van der Waals surface area (Å²) in [6, 6.07) is 10.3. The number of aromatic nitrogens is 2. The lowest BCUT2D eigenvalue weighted by Crippen LogP contribution is -2.24. The minimum absolute atomic E-state index is 0.0288. The van der Waals surface area contributed by atoms with Crippen LogP contribution < -0.4 is 4.90 Å². The Morgan fingerprint density at radius 3 is 2.64 bits per heavy atom. The van der Waals surface area contributed by atoms with Crippen molar-refractivity contribution in [1.82, 2.24) is 10.1 Å². The van der Waals surface area contributed by atoms with E-state index in [1.54, 1.807) is 6.07 Å². The molecule has 3 aromatic rings. The first kappa shape index (κ1) is 18.1. The highest BCUT2D eigenvalue weighted by atomic mass is 19.4. The molecule has 4 rings (SSSR count). The molecule has 1 aliphatic rings. The van der Waals surface area contributed by atoms with Crippen molar-refractivity contribution in [3.05, 3.63) is 65.8 Å². The van der Waals surface area contributed by atoms with Gasteiger partial charge in [0.1, 0.15) is 5.82 Å². The first-order chi connectivity index (χ1) is 13.3. The van der Waals surface area contributed by atoms with Crippen LogP contribution in [0.25, 0.3) is 11.4 Å². The Morgan fingerprint density at radius 2 is 1.89 bits per heavy atom. The van der Waals surface area contributed by atoms with Gasteiger partial charge in [-0.2, -0.15) is 18.2 Å². The van der Waals surface area contributed by atoms with E-state index < -0.39 is 23.5 Å². The lowest BCUT2D eigenvalue weighted by molar-refractivity contribution is -0.137. The number of halogens is 4. The second kappa shape index (κ2) is 6.74. The molecule has 1 amide bonds. The van der Waals surface area contributed by atoms with E-state index >= 15 is 0 Å². The van der Waals surface area contributed by atoms with Crippen molar-refractivity contribution in [2.24, 2.45) is 0 Å². The van der Waals surface area contributed by atoms with E-state index in [0.717, 1.165) is 12.1 Å². The predicted molar refractivity (Wildman–Crippen MR) is 90.8 cm³/mol. The highest BCUT2D eigenvalue weighted by Gasteiger charge is 2.37. The van der Waals surface area contributed by atoms with Crippen LogP contribution in [0.2, 0.25) is 0 Å². The van der Waals surface area contributed by atoms with Gasteiger partial charge < -0.3 is 9.42 Å². The molecule has 0 spiro atoms. The van der Waals surface area contributed by atoms with Crippen molar-refractivity contribution >= 4 is 11.6 Å². The summed E-state index contributed by atoms with van der Waals surface area (Å²) in [5, 5.41) is 3.81. The number of alkyl halides is 3. The monoisotopic (exact) mass is 391 g/mol.